The highest BCUT2D eigenvalue weighted by Gasteiger charge is 2.09. The highest BCUT2D eigenvalue weighted by Crippen LogP contribution is 2.18. The van der Waals surface area contributed by atoms with Crippen LogP contribution < -0.4 is 0 Å². The van der Waals surface area contributed by atoms with Crippen molar-refractivity contribution in [3.05, 3.63) is 59.7 Å². The van der Waals surface area contributed by atoms with Crippen molar-refractivity contribution in [2.24, 2.45) is 0 Å². The number of rotatable bonds is 4. The number of aryl methyl sites for hydroxylation is 2. The smallest absolute Gasteiger partial charge is 0.335 e. The van der Waals surface area contributed by atoms with Crippen LogP contribution in [0.5, 0.6) is 0 Å². The Morgan fingerprint density at radius 3 is 2.70 bits per heavy atom. The van der Waals surface area contributed by atoms with E-state index in [9.17, 15) is 4.79 Å². The van der Waals surface area contributed by atoms with Gasteiger partial charge in [0.15, 0.2) is 11.5 Å². The Kier molecular flexibility index (Phi) is 3.16. The van der Waals surface area contributed by atoms with Crippen LogP contribution in [0.25, 0.3) is 11.1 Å². The zero-order valence-electron chi connectivity index (χ0n) is 10.6. The van der Waals surface area contributed by atoms with Gasteiger partial charge in [0.2, 0.25) is 0 Å². The zero-order valence-corrected chi connectivity index (χ0v) is 10.6. The number of aromatic nitrogens is 2. The van der Waals surface area contributed by atoms with E-state index in [2.05, 4.69) is 9.97 Å². The number of carboxylic acid groups (broad SMARTS) is 1. The van der Waals surface area contributed by atoms with Crippen molar-refractivity contribution in [1.29, 1.82) is 0 Å². The quantitative estimate of drug-likeness (QED) is 0.787. The van der Waals surface area contributed by atoms with Gasteiger partial charge in [0.1, 0.15) is 5.52 Å². The van der Waals surface area contributed by atoms with Gasteiger partial charge in [-0.25, -0.2) is 9.78 Å². The third-order valence-electron chi connectivity index (χ3n) is 3.06. The van der Waals surface area contributed by atoms with Gasteiger partial charge in [0.25, 0.3) is 0 Å². The minimum Gasteiger partial charge on any atom is -0.478 e. The Labute approximate surface area is 114 Å². The Morgan fingerprint density at radius 2 is 1.95 bits per heavy atom. The van der Waals surface area contributed by atoms with Gasteiger partial charge < -0.3 is 9.52 Å². The molecule has 2 aromatic heterocycles. The van der Waals surface area contributed by atoms with Crippen molar-refractivity contribution >= 4 is 17.1 Å². The fraction of sp³-hybridized carbons (Fsp3) is 0.133. The monoisotopic (exact) mass is 268 g/mol. The minimum absolute atomic E-state index is 0.214. The summed E-state index contributed by atoms with van der Waals surface area (Å²) in [5, 5.41) is 8.94. The lowest BCUT2D eigenvalue weighted by atomic mass is 10.1. The second kappa shape index (κ2) is 5.13. The van der Waals surface area contributed by atoms with Gasteiger partial charge >= 0.3 is 5.97 Å². The molecule has 0 bridgehead atoms. The second-order valence-corrected chi connectivity index (χ2v) is 4.45. The minimum atomic E-state index is -0.965. The lowest BCUT2D eigenvalue weighted by Crippen LogP contribution is -1.94. The molecule has 0 aliphatic rings. The van der Waals surface area contributed by atoms with Crippen LogP contribution in [0.2, 0.25) is 0 Å². The van der Waals surface area contributed by atoms with E-state index in [4.69, 9.17) is 9.52 Å². The maximum Gasteiger partial charge on any atom is 0.335 e. The van der Waals surface area contributed by atoms with E-state index < -0.39 is 5.97 Å². The summed E-state index contributed by atoms with van der Waals surface area (Å²) in [6.07, 6.45) is 4.98. The normalized spacial score (nSPS) is 10.8. The molecule has 0 aliphatic heterocycles. The van der Waals surface area contributed by atoms with Gasteiger partial charge in [0.05, 0.1) is 5.56 Å². The van der Waals surface area contributed by atoms with Crippen molar-refractivity contribution in [1.82, 2.24) is 9.97 Å². The lowest BCUT2D eigenvalue weighted by Gasteiger charge is -1.96. The van der Waals surface area contributed by atoms with Gasteiger partial charge in [-0.2, -0.15) is 0 Å². The molecule has 0 radical (unpaired) electrons. The van der Waals surface area contributed by atoms with Crippen LogP contribution in [-0.4, -0.2) is 21.0 Å². The first-order valence-corrected chi connectivity index (χ1v) is 6.24. The topological polar surface area (TPSA) is 76.2 Å². The van der Waals surface area contributed by atoms with Crippen LogP contribution in [-0.2, 0) is 12.8 Å². The summed E-state index contributed by atoms with van der Waals surface area (Å²) in [5.41, 5.74) is 2.56. The first-order chi connectivity index (χ1) is 9.72. The average molecular weight is 268 g/mol. The second-order valence-electron chi connectivity index (χ2n) is 4.45. The van der Waals surface area contributed by atoms with Crippen molar-refractivity contribution < 1.29 is 14.3 Å². The van der Waals surface area contributed by atoms with E-state index in [-0.39, 0.29) is 5.56 Å². The van der Waals surface area contributed by atoms with Crippen LogP contribution in [0.1, 0.15) is 21.8 Å². The molecule has 100 valence electrons. The molecular weight excluding hydrogens is 256 g/mol. The Morgan fingerprint density at radius 1 is 1.15 bits per heavy atom. The van der Waals surface area contributed by atoms with Crippen LogP contribution in [0.15, 0.2) is 47.1 Å². The predicted octanol–water partition coefficient (Wildman–Crippen LogP) is 2.71. The van der Waals surface area contributed by atoms with Crippen LogP contribution in [0.3, 0.4) is 0 Å². The Hall–Kier alpha value is -2.69. The zero-order chi connectivity index (χ0) is 13.9. The molecule has 0 amide bonds. The standard InChI is InChI=1S/C15H12N2O3/c18-15(19)11-2-3-13-12(9-11)17-14(20-13)4-1-10-5-7-16-8-6-10/h2-3,5-9H,1,4H2,(H,18,19). The van der Waals surface area contributed by atoms with Crippen LogP contribution in [0.4, 0.5) is 0 Å². The molecule has 20 heavy (non-hydrogen) atoms. The fourth-order valence-electron chi connectivity index (χ4n) is 2.02. The van der Waals surface area contributed by atoms with Gasteiger partial charge in [0, 0.05) is 18.8 Å². The van der Waals surface area contributed by atoms with Gasteiger partial charge in [-0.05, 0) is 42.3 Å². The molecule has 1 N–H and O–H groups in total. The Balaban J connectivity index is 1.80. The van der Waals surface area contributed by atoms with Gasteiger partial charge in [-0.1, -0.05) is 0 Å². The molecule has 0 saturated carbocycles. The molecule has 0 fully saturated rings. The summed E-state index contributed by atoms with van der Waals surface area (Å²) in [5.74, 6) is -0.354. The number of hydrogen-bond donors (Lipinski definition) is 1. The highest BCUT2D eigenvalue weighted by molar-refractivity contribution is 5.91. The third-order valence-corrected chi connectivity index (χ3v) is 3.06. The molecule has 3 aromatic rings. The van der Waals surface area contributed by atoms with E-state index in [0.717, 1.165) is 12.0 Å². The molecule has 5 heteroatoms. The van der Waals surface area contributed by atoms with E-state index in [1.807, 2.05) is 12.1 Å². The number of oxazole rings is 1. The third kappa shape index (κ3) is 2.51. The SMILES string of the molecule is O=C(O)c1ccc2oc(CCc3ccncc3)nc2c1. The Bertz CT molecular complexity index is 750. The van der Waals surface area contributed by atoms with E-state index in [1.54, 1.807) is 18.5 Å². The predicted molar refractivity (Wildman–Crippen MR) is 72.6 cm³/mol. The lowest BCUT2D eigenvalue weighted by molar-refractivity contribution is 0.0697. The number of aromatic carboxylic acids is 1. The van der Waals surface area contributed by atoms with Crippen LogP contribution >= 0.6 is 0 Å². The van der Waals surface area contributed by atoms with Crippen LogP contribution in [0, 0.1) is 0 Å². The molecule has 1 aromatic carbocycles. The summed E-state index contributed by atoms with van der Waals surface area (Å²) < 4.78 is 5.60. The molecule has 2 heterocycles. The summed E-state index contributed by atoms with van der Waals surface area (Å²) >= 11 is 0. The molecule has 0 saturated heterocycles. The molecule has 3 rings (SSSR count). The first-order valence-electron chi connectivity index (χ1n) is 6.24. The van der Waals surface area contributed by atoms with Crippen molar-refractivity contribution in [2.45, 2.75) is 12.8 Å². The largest absolute Gasteiger partial charge is 0.478 e. The molecular formula is C15H12N2O3. The van der Waals surface area contributed by atoms with Crippen molar-refractivity contribution in [2.75, 3.05) is 0 Å². The first kappa shape index (κ1) is 12.3. The average Bonchev–Trinajstić information content (AvgIpc) is 2.88. The fourth-order valence-corrected chi connectivity index (χ4v) is 2.02. The van der Waals surface area contributed by atoms with Gasteiger partial charge in [-0.3, -0.25) is 4.98 Å². The highest BCUT2D eigenvalue weighted by atomic mass is 16.4. The summed E-state index contributed by atoms with van der Waals surface area (Å²) in [6, 6.07) is 8.58. The number of carbonyl (C=O) groups is 1. The maximum absolute atomic E-state index is 10.9. The van der Waals surface area contributed by atoms with E-state index >= 15 is 0 Å². The molecule has 0 unspecified atom stereocenters. The number of hydrogen-bond acceptors (Lipinski definition) is 4. The summed E-state index contributed by atoms with van der Waals surface area (Å²) in [6.45, 7) is 0. The molecule has 0 atom stereocenters. The number of benzene rings is 1. The number of carboxylic acids is 1. The van der Waals surface area contributed by atoms with Gasteiger partial charge in [-0.15, -0.1) is 0 Å². The van der Waals surface area contributed by atoms with E-state index in [0.29, 0.717) is 23.4 Å². The summed E-state index contributed by atoms with van der Waals surface area (Å²) in [7, 11) is 0. The number of pyridine rings is 1. The van der Waals surface area contributed by atoms with Crippen molar-refractivity contribution in [3.8, 4) is 0 Å². The molecule has 0 aliphatic carbocycles. The molecule has 5 nitrogen and oxygen atoms in total. The van der Waals surface area contributed by atoms with E-state index in [1.165, 1.54) is 12.1 Å². The summed E-state index contributed by atoms with van der Waals surface area (Å²) in [4.78, 5) is 19.2. The molecule has 0 spiro atoms. The number of fused-ring (bicyclic) bond motifs is 1. The van der Waals surface area contributed by atoms with Crippen molar-refractivity contribution in [3.63, 3.8) is 0 Å². The maximum atomic E-state index is 10.9. The number of nitrogens with zero attached hydrogens (tertiary/aromatic N) is 2.